The quantitative estimate of drug-likeness (QED) is 0.346. The van der Waals surface area contributed by atoms with Gasteiger partial charge in [-0.3, -0.25) is 9.98 Å². The standard InChI is InChI=1S/C19H22ClN5.HI/c1-21-19(25(3)13-16-10-15(20)12-24(16)2)23-11-14-8-9-22-18-7-5-4-6-17(14)18;/h4-10,12H,11,13H2,1-3H3,(H,21,23);1H. The monoisotopic (exact) mass is 483 g/mol. The number of benzene rings is 1. The Balaban J connectivity index is 0.00000243. The summed E-state index contributed by atoms with van der Waals surface area (Å²) in [5, 5.41) is 5.33. The predicted molar refractivity (Wildman–Crippen MR) is 119 cm³/mol. The summed E-state index contributed by atoms with van der Waals surface area (Å²) >= 11 is 6.07. The Bertz CT molecular complexity index is 901. The van der Waals surface area contributed by atoms with Gasteiger partial charge in [0.1, 0.15) is 0 Å². The highest BCUT2D eigenvalue weighted by Gasteiger charge is 2.10. The summed E-state index contributed by atoms with van der Waals surface area (Å²) in [6.45, 7) is 1.41. The van der Waals surface area contributed by atoms with Gasteiger partial charge in [-0.05, 0) is 23.8 Å². The number of guanidine groups is 1. The van der Waals surface area contributed by atoms with Gasteiger partial charge in [-0.2, -0.15) is 0 Å². The van der Waals surface area contributed by atoms with Gasteiger partial charge in [0.2, 0.25) is 0 Å². The number of pyridine rings is 1. The zero-order valence-corrected chi connectivity index (χ0v) is 18.2. The van der Waals surface area contributed by atoms with Crippen molar-refractivity contribution in [2.24, 2.45) is 12.0 Å². The number of hydrogen-bond donors (Lipinski definition) is 1. The fourth-order valence-corrected chi connectivity index (χ4v) is 3.18. The predicted octanol–water partition coefficient (Wildman–Crippen LogP) is 4.05. The highest BCUT2D eigenvalue weighted by molar-refractivity contribution is 14.0. The van der Waals surface area contributed by atoms with Crippen molar-refractivity contribution in [3.8, 4) is 0 Å². The summed E-state index contributed by atoms with van der Waals surface area (Å²) in [4.78, 5) is 10.9. The lowest BCUT2D eigenvalue weighted by Crippen LogP contribution is -2.38. The molecule has 0 radical (unpaired) electrons. The van der Waals surface area contributed by atoms with E-state index in [0.717, 1.165) is 34.1 Å². The molecule has 26 heavy (non-hydrogen) atoms. The topological polar surface area (TPSA) is 45.5 Å². The van der Waals surface area contributed by atoms with E-state index in [9.17, 15) is 0 Å². The second-order valence-electron chi connectivity index (χ2n) is 6.00. The van der Waals surface area contributed by atoms with E-state index >= 15 is 0 Å². The van der Waals surface area contributed by atoms with E-state index in [1.54, 1.807) is 7.05 Å². The van der Waals surface area contributed by atoms with Crippen molar-refractivity contribution in [2.45, 2.75) is 13.1 Å². The van der Waals surface area contributed by atoms with Crippen molar-refractivity contribution >= 4 is 52.4 Å². The van der Waals surface area contributed by atoms with Crippen LogP contribution in [0.15, 0.2) is 53.8 Å². The molecule has 0 aliphatic carbocycles. The molecule has 0 saturated carbocycles. The smallest absolute Gasteiger partial charge is 0.194 e. The van der Waals surface area contributed by atoms with E-state index in [0.29, 0.717) is 6.54 Å². The van der Waals surface area contributed by atoms with Crippen molar-refractivity contribution < 1.29 is 0 Å². The molecule has 0 bridgehead atoms. The first-order chi connectivity index (χ1) is 12.1. The molecule has 1 N–H and O–H groups in total. The van der Waals surface area contributed by atoms with Crippen LogP contribution in [-0.2, 0) is 20.1 Å². The van der Waals surface area contributed by atoms with E-state index < -0.39 is 0 Å². The van der Waals surface area contributed by atoms with E-state index in [2.05, 4.69) is 26.3 Å². The van der Waals surface area contributed by atoms with Crippen LogP contribution in [0.1, 0.15) is 11.3 Å². The van der Waals surface area contributed by atoms with Crippen LogP contribution in [0.4, 0.5) is 0 Å². The molecule has 2 aromatic heterocycles. The van der Waals surface area contributed by atoms with Crippen molar-refractivity contribution in [2.75, 3.05) is 14.1 Å². The van der Waals surface area contributed by atoms with E-state index in [1.165, 1.54) is 5.56 Å². The molecular formula is C19H23ClIN5. The van der Waals surface area contributed by atoms with Crippen molar-refractivity contribution in [1.29, 1.82) is 0 Å². The molecule has 1 aromatic carbocycles. The highest BCUT2D eigenvalue weighted by atomic mass is 127. The van der Waals surface area contributed by atoms with Crippen LogP contribution in [0.2, 0.25) is 5.02 Å². The molecule has 5 nitrogen and oxygen atoms in total. The minimum Gasteiger partial charge on any atom is -0.352 e. The number of nitrogens with zero attached hydrogens (tertiary/aromatic N) is 4. The fraction of sp³-hybridized carbons (Fsp3) is 0.263. The molecule has 138 valence electrons. The van der Waals surface area contributed by atoms with E-state index in [-0.39, 0.29) is 24.0 Å². The second-order valence-corrected chi connectivity index (χ2v) is 6.44. The zero-order chi connectivity index (χ0) is 17.8. The Morgan fingerprint density at radius 1 is 1.31 bits per heavy atom. The number of halogens is 2. The third-order valence-corrected chi connectivity index (χ3v) is 4.43. The van der Waals surface area contributed by atoms with Gasteiger partial charge < -0.3 is 14.8 Å². The van der Waals surface area contributed by atoms with E-state index in [4.69, 9.17) is 11.6 Å². The molecular weight excluding hydrogens is 461 g/mol. The summed E-state index contributed by atoms with van der Waals surface area (Å²) in [6.07, 6.45) is 3.75. The average molecular weight is 484 g/mol. The Morgan fingerprint density at radius 2 is 2.08 bits per heavy atom. The van der Waals surface area contributed by atoms with Crippen molar-refractivity contribution in [3.05, 3.63) is 65.1 Å². The molecule has 0 unspecified atom stereocenters. The number of aromatic nitrogens is 2. The van der Waals surface area contributed by atoms with Crippen LogP contribution in [-0.4, -0.2) is 34.5 Å². The minimum absolute atomic E-state index is 0. The van der Waals surface area contributed by atoms with Gasteiger partial charge in [0.05, 0.1) is 17.1 Å². The van der Waals surface area contributed by atoms with Gasteiger partial charge in [0, 0.05) is 51.2 Å². The number of rotatable bonds is 4. The van der Waals surface area contributed by atoms with Crippen LogP contribution in [0.25, 0.3) is 10.9 Å². The molecule has 0 atom stereocenters. The number of para-hydroxylation sites is 1. The number of aryl methyl sites for hydroxylation is 1. The largest absolute Gasteiger partial charge is 0.352 e. The van der Waals surface area contributed by atoms with Gasteiger partial charge >= 0.3 is 0 Å². The fourth-order valence-electron chi connectivity index (χ4n) is 2.91. The minimum atomic E-state index is 0. The molecule has 0 aliphatic rings. The Hall–Kier alpha value is -1.80. The van der Waals surface area contributed by atoms with Gasteiger partial charge in [-0.15, -0.1) is 24.0 Å². The first-order valence-electron chi connectivity index (χ1n) is 8.13. The van der Waals surface area contributed by atoms with Crippen LogP contribution in [0, 0.1) is 0 Å². The molecule has 0 amide bonds. The lowest BCUT2D eigenvalue weighted by Gasteiger charge is -2.22. The second kappa shape index (κ2) is 9.23. The summed E-state index contributed by atoms with van der Waals surface area (Å²) in [7, 11) is 5.80. The van der Waals surface area contributed by atoms with Crippen LogP contribution >= 0.6 is 35.6 Å². The molecule has 0 saturated heterocycles. The number of nitrogens with one attached hydrogen (secondary N) is 1. The molecule has 7 heteroatoms. The number of fused-ring (bicyclic) bond motifs is 1. The molecule has 0 aliphatic heterocycles. The first kappa shape index (κ1) is 20.5. The van der Waals surface area contributed by atoms with Crippen molar-refractivity contribution in [1.82, 2.24) is 19.8 Å². The third-order valence-electron chi connectivity index (χ3n) is 4.22. The van der Waals surface area contributed by atoms with Gasteiger partial charge in [-0.25, -0.2) is 0 Å². The van der Waals surface area contributed by atoms with Gasteiger partial charge in [0.25, 0.3) is 0 Å². The normalized spacial score (nSPS) is 11.3. The third kappa shape index (κ3) is 4.67. The maximum Gasteiger partial charge on any atom is 0.194 e. The SMILES string of the molecule is CN=C(NCc1ccnc2ccccc12)N(C)Cc1cc(Cl)cn1C.I. The lowest BCUT2D eigenvalue weighted by molar-refractivity contribution is 0.462. The summed E-state index contributed by atoms with van der Waals surface area (Å²) in [5.74, 6) is 0.832. The van der Waals surface area contributed by atoms with Crippen LogP contribution in [0.3, 0.4) is 0 Å². The van der Waals surface area contributed by atoms with Gasteiger partial charge in [-0.1, -0.05) is 29.8 Å². The number of hydrogen-bond acceptors (Lipinski definition) is 2. The Labute approximate surface area is 176 Å². The molecule has 2 heterocycles. The Kier molecular flexibility index (Phi) is 7.28. The summed E-state index contributed by atoms with van der Waals surface area (Å²) in [6, 6.07) is 12.2. The van der Waals surface area contributed by atoms with Gasteiger partial charge in [0.15, 0.2) is 5.96 Å². The molecule has 0 fully saturated rings. The number of aliphatic imine (C=N–C) groups is 1. The average Bonchev–Trinajstić information content (AvgIpc) is 2.92. The van der Waals surface area contributed by atoms with Crippen LogP contribution in [0.5, 0.6) is 0 Å². The zero-order valence-electron chi connectivity index (χ0n) is 15.1. The summed E-state index contributed by atoms with van der Waals surface area (Å²) in [5.41, 5.74) is 3.33. The first-order valence-corrected chi connectivity index (χ1v) is 8.51. The van der Waals surface area contributed by atoms with Crippen molar-refractivity contribution in [3.63, 3.8) is 0 Å². The van der Waals surface area contributed by atoms with Crippen LogP contribution < -0.4 is 5.32 Å². The van der Waals surface area contributed by atoms with E-state index in [1.807, 2.05) is 61.4 Å². The maximum atomic E-state index is 6.07. The molecule has 0 spiro atoms. The lowest BCUT2D eigenvalue weighted by atomic mass is 10.1. The highest BCUT2D eigenvalue weighted by Crippen LogP contribution is 2.16. The maximum absolute atomic E-state index is 6.07. The Morgan fingerprint density at radius 3 is 2.77 bits per heavy atom. The molecule has 3 rings (SSSR count). The summed E-state index contributed by atoms with van der Waals surface area (Å²) < 4.78 is 2.03. The molecule has 3 aromatic rings.